The number of ether oxygens (including phenoxy) is 2. The second-order valence-corrected chi connectivity index (χ2v) is 5.25. The molecule has 1 aliphatic rings. The smallest absolute Gasteiger partial charge is 0.167 e. The molecule has 2 N–H and O–H groups in total. The van der Waals surface area contributed by atoms with Gasteiger partial charge in [0.05, 0.1) is 0 Å². The molecule has 1 aromatic heterocycles. The van der Waals surface area contributed by atoms with E-state index < -0.39 is 0 Å². The van der Waals surface area contributed by atoms with E-state index in [1.165, 1.54) is 0 Å². The Bertz CT molecular complexity index is 369. The molecule has 2 rings (SSSR count). The highest BCUT2D eigenvalue weighted by Gasteiger charge is 2.38. The molecule has 0 radical (unpaired) electrons. The van der Waals surface area contributed by atoms with Crippen molar-refractivity contribution in [1.82, 2.24) is 4.98 Å². The van der Waals surface area contributed by atoms with Crippen LogP contribution in [0.25, 0.3) is 0 Å². The first kappa shape index (κ1) is 14.4. The van der Waals surface area contributed by atoms with E-state index in [0.717, 1.165) is 31.4 Å². The Kier molecular flexibility index (Phi) is 4.91. The minimum absolute atomic E-state index is 0.341. The molecule has 0 bridgehead atoms. The van der Waals surface area contributed by atoms with Gasteiger partial charge >= 0.3 is 0 Å². The summed E-state index contributed by atoms with van der Waals surface area (Å²) in [6.45, 7) is 0.647. The highest BCUT2D eigenvalue weighted by Crippen LogP contribution is 2.40. The van der Waals surface area contributed by atoms with Gasteiger partial charge in [0.25, 0.3) is 0 Å². The third-order valence-corrected chi connectivity index (χ3v) is 4.43. The number of hydrogen-bond donors (Lipinski definition) is 1. The molecule has 106 valence electrons. The third kappa shape index (κ3) is 3.14. The summed E-state index contributed by atoms with van der Waals surface area (Å²) in [6, 6.07) is 6.05. The first-order chi connectivity index (χ1) is 9.24. The van der Waals surface area contributed by atoms with Crippen molar-refractivity contribution < 1.29 is 9.47 Å². The molecule has 0 saturated heterocycles. The van der Waals surface area contributed by atoms with E-state index in [1.54, 1.807) is 14.2 Å². The maximum absolute atomic E-state index is 5.97. The Hall–Kier alpha value is -0.970. The van der Waals surface area contributed by atoms with Gasteiger partial charge in [-0.25, -0.2) is 0 Å². The summed E-state index contributed by atoms with van der Waals surface area (Å²) in [5.41, 5.74) is 7.07. The van der Waals surface area contributed by atoms with Crippen LogP contribution >= 0.6 is 0 Å². The van der Waals surface area contributed by atoms with E-state index in [2.05, 4.69) is 11.1 Å². The van der Waals surface area contributed by atoms with Gasteiger partial charge in [-0.1, -0.05) is 6.07 Å². The van der Waals surface area contributed by atoms with Gasteiger partial charge in [0.15, 0.2) is 5.79 Å². The molecule has 4 heteroatoms. The quantitative estimate of drug-likeness (QED) is 0.829. The molecule has 1 aliphatic carbocycles. The second-order valence-electron chi connectivity index (χ2n) is 5.25. The number of hydrogen-bond acceptors (Lipinski definition) is 4. The van der Waals surface area contributed by atoms with Crippen LogP contribution in [-0.2, 0) is 9.47 Å². The number of nitrogens with two attached hydrogens (primary N) is 1. The molecular weight excluding hydrogens is 240 g/mol. The number of methoxy groups -OCH3 is 2. The highest BCUT2D eigenvalue weighted by molar-refractivity contribution is 5.12. The number of rotatable bonds is 5. The Balaban J connectivity index is 2.03. The summed E-state index contributed by atoms with van der Waals surface area (Å²) in [5.74, 6) is 0.519. The standard InChI is InChI=1S/C15H24N2O2/c1-18-15(19-2)8-6-12(7-9-15)13(11-16)14-5-3-4-10-17-14/h3-5,10,12-13H,6-9,11,16H2,1-2H3. The fourth-order valence-corrected chi connectivity index (χ4v) is 3.12. The van der Waals surface area contributed by atoms with Crippen LogP contribution in [0.4, 0.5) is 0 Å². The summed E-state index contributed by atoms with van der Waals surface area (Å²) >= 11 is 0. The Labute approximate surface area is 115 Å². The lowest BCUT2D eigenvalue weighted by Gasteiger charge is -2.40. The molecule has 1 aromatic rings. The van der Waals surface area contributed by atoms with Crippen molar-refractivity contribution in [1.29, 1.82) is 0 Å². The van der Waals surface area contributed by atoms with Crippen LogP contribution in [0.2, 0.25) is 0 Å². The lowest BCUT2D eigenvalue weighted by Crippen LogP contribution is -2.40. The van der Waals surface area contributed by atoms with Crippen molar-refractivity contribution in [2.24, 2.45) is 11.7 Å². The highest BCUT2D eigenvalue weighted by atomic mass is 16.7. The minimum Gasteiger partial charge on any atom is -0.353 e. The van der Waals surface area contributed by atoms with Gasteiger partial charge in [-0.05, 0) is 30.9 Å². The van der Waals surface area contributed by atoms with E-state index in [-0.39, 0.29) is 5.79 Å². The van der Waals surface area contributed by atoms with Crippen LogP contribution in [0, 0.1) is 5.92 Å². The van der Waals surface area contributed by atoms with Gasteiger partial charge in [0.1, 0.15) is 0 Å². The lowest BCUT2D eigenvalue weighted by molar-refractivity contribution is -0.228. The van der Waals surface area contributed by atoms with Crippen LogP contribution in [0.5, 0.6) is 0 Å². The zero-order chi connectivity index (χ0) is 13.7. The van der Waals surface area contributed by atoms with Crippen molar-refractivity contribution in [2.75, 3.05) is 20.8 Å². The molecule has 4 nitrogen and oxygen atoms in total. The lowest BCUT2D eigenvalue weighted by atomic mass is 9.76. The maximum atomic E-state index is 5.97. The minimum atomic E-state index is -0.389. The SMILES string of the molecule is COC1(OC)CCC(C(CN)c2ccccn2)CC1. The molecule has 19 heavy (non-hydrogen) atoms. The summed E-state index contributed by atoms with van der Waals surface area (Å²) in [4.78, 5) is 4.46. The van der Waals surface area contributed by atoms with Gasteiger partial charge in [-0.3, -0.25) is 4.98 Å². The molecule has 1 saturated carbocycles. The third-order valence-electron chi connectivity index (χ3n) is 4.43. The predicted molar refractivity (Wildman–Crippen MR) is 74.7 cm³/mol. The Morgan fingerprint density at radius 1 is 1.32 bits per heavy atom. The Morgan fingerprint density at radius 3 is 2.47 bits per heavy atom. The largest absolute Gasteiger partial charge is 0.353 e. The number of aromatic nitrogens is 1. The normalized spacial score (nSPS) is 21.2. The van der Waals surface area contributed by atoms with E-state index in [4.69, 9.17) is 15.2 Å². The molecule has 1 fully saturated rings. The zero-order valence-corrected chi connectivity index (χ0v) is 11.8. The topological polar surface area (TPSA) is 57.4 Å². The molecule has 1 unspecified atom stereocenters. The van der Waals surface area contributed by atoms with Crippen LogP contribution < -0.4 is 5.73 Å². The fourth-order valence-electron chi connectivity index (χ4n) is 3.12. The molecule has 0 amide bonds. The maximum Gasteiger partial charge on any atom is 0.167 e. The van der Waals surface area contributed by atoms with Crippen molar-refractivity contribution in [3.63, 3.8) is 0 Å². The van der Waals surface area contributed by atoms with Crippen LogP contribution in [0.15, 0.2) is 24.4 Å². The average Bonchev–Trinajstić information content (AvgIpc) is 2.50. The van der Waals surface area contributed by atoms with Crippen LogP contribution in [0.1, 0.15) is 37.3 Å². The van der Waals surface area contributed by atoms with Gasteiger partial charge in [-0.15, -0.1) is 0 Å². The van der Waals surface area contributed by atoms with Crippen molar-refractivity contribution >= 4 is 0 Å². The molecule has 0 spiro atoms. The van der Waals surface area contributed by atoms with Crippen LogP contribution in [0.3, 0.4) is 0 Å². The number of pyridine rings is 1. The van der Waals surface area contributed by atoms with E-state index in [1.807, 2.05) is 18.3 Å². The van der Waals surface area contributed by atoms with Gasteiger partial charge in [0, 0.05) is 51.4 Å². The van der Waals surface area contributed by atoms with Crippen molar-refractivity contribution in [3.05, 3.63) is 30.1 Å². The fraction of sp³-hybridized carbons (Fsp3) is 0.667. The molecule has 1 heterocycles. The molecule has 0 aliphatic heterocycles. The zero-order valence-electron chi connectivity index (χ0n) is 11.8. The summed E-state index contributed by atoms with van der Waals surface area (Å²) < 4.78 is 11.1. The van der Waals surface area contributed by atoms with E-state index in [0.29, 0.717) is 18.4 Å². The molecule has 1 atom stereocenters. The average molecular weight is 264 g/mol. The van der Waals surface area contributed by atoms with Crippen molar-refractivity contribution in [3.8, 4) is 0 Å². The van der Waals surface area contributed by atoms with Gasteiger partial charge < -0.3 is 15.2 Å². The second kappa shape index (κ2) is 6.46. The monoisotopic (exact) mass is 264 g/mol. The molecule has 0 aromatic carbocycles. The number of nitrogens with zero attached hydrogens (tertiary/aromatic N) is 1. The van der Waals surface area contributed by atoms with Crippen molar-refractivity contribution in [2.45, 2.75) is 37.4 Å². The van der Waals surface area contributed by atoms with E-state index >= 15 is 0 Å². The van der Waals surface area contributed by atoms with E-state index in [9.17, 15) is 0 Å². The Morgan fingerprint density at radius 2 is 2.00 bits per heavy atom. The van der Waals surface area contributed by atoms with Gasteiger partial charge in [-0.2, -0.15) is 0 Å². The first-order valence-electron chi connectivity index (χ1n) is 6.96. The van der Waals surface area contributed by atoms with Gasteiger partial charge in [0.2, 0.25) is 0 Å². The van der Waals surface area contributed by atoms with Crippen LogP contribution in [-0.4, -0.2) is 31.5 Å². The molecular formula is C15H24N2O2. The summed E-state index contributed by atoms with van der Waals surface area (Å²) in [6.07, 6.45) is 5.83. The predicted octanol–water partition coefficient (Wildman–Crippen LogP) is 2.30. The summed E-state index contributed by atoms with van der Waals surface area (Å²) in [5, 5.41) is 0. The first-order valence-corrected chi connectivity index (χ1v) is 6.96. The summed E-state index contributed by atoms with van der Waals surface area (Å²) in [7, 11) is 3.45.